The van der Waals surface area contributed by atoms with Gasteiger partial charge in [-0.1, -0.05) is 20.8 Å². The van der Waals surface area contributed by atoms with Gasteiger partial charge in [0.25, 0.3) is 0 Å². The smallest absolute Gasteiger partial charge is 0.162 e. The summed E-state index contributed by atoms with van der Waals surface area (Å²) < 4.78 is 0. The molecule has 0 unspecified atom stereocenters. The molecular formula is C16H26N2O. The van der Waals surface area contributed by atoms with Crippen LogP contribution in [-0.4, -0.2) is 36.9 Å². The molecule has 0 amide bonds. The molecule has 0 aromatic heterocycles. The van der Waals surface area contributed by atoms with E-state index in [-0.39, 0.29) is 5.78 Å². The highest BCUT2D eigenvalue weighted by Gasteiger charge is 2.02. The lowest BCUT2D eigenvalue weighted by atomic mass is 10.1. The van der Waals surface area contributed by atoms with Crippen LogP contribution in [0.5, 0.6) is 0 Å². The van der Waals surface area contributed by atoms with Gasteiger partial charge in [-0.15, -0.1) is 0 Å². The zero-order valence-electron chi connectivity index (χ0n) is 12.4. The molecule has 106 valence electrons. The Labute approximate surface area is 117 Å². The minimum atomic E-state index is 0.202. The summed E-state index contributed by atoms with van der Waals surface area (Å²) in [6.45, 7) is 10.6. The zero-order chi connectivity index (χ0) is 14.1. The summed E-state index contributed by atoms with van der Waals surface area (Å²) in [6.07, 6.45) is 1.70. The molecule has 0 atom stereocenters. The largest absolute Gasteiger partial charge is 0.385 e. The summed E-state index contributed by atoms with van der Waals surface area (Å²) >= 11 is 0. The molecule has 1 N–H and O–H groups in total. The number of rotatable bonds is 9. The van der Waals surface area contributed by atoms with Gasteiger partial charge >= 0.3 is 0 Å². The molecule has 0 aliphatic rings. The molecule has 0 bridgehead atoms. The Morgan fingerprint density at radius 1 is 1.11 bits per heavy atom. The number of carbonyl (C=O) groups excluding carboxylic acids is 1. The van der Waals surface area contributed by atoms with Gasteiger partial charge in [0.05, 0.1) is 0 Å². The predicted octanol–water partition coefficient (Wildman–Crippen LogP) is 3.42. The second-order valence-corrected chi connectivity index (χ2v) is 4.66. The summed E-state index contributed by atoms with van der Waals surface area (Å²) in [4.78, 5) is 13.9. The topological polar surface area (TPSA) is 32.3 Å². The summed E-state index contributed by atoms with van der Waals surface area (Å²) in [7, 11) is 0. The first-order valence-electron chi connectivity index (χ1n) is 7.30. The average molecular weight is 262 g/mol. The fourth-order valence-electron chi connectivity index (χ4n) is 2.05. The maximum Gasteiger partial charge on any atom is 0.162 e. The Bertz CT molecular complexity index is 369. The van der Waals surface area contributed by atoms with Gasteiger partial charge in [-0.25, -0.2) is 0 Å². The number of carbonyl (C=O) groups is 1. The maximum atomic E-state index is 11.5. The number of ketones is 1. The third kappa shape index (κ3) is 5.43. The molecular weight excluding hydrogens is 236 g/mol. The molecule has 0 spiro atoms. The Morgan fingerprint density at radius 3 is 2.26 bits per heavy atom. The molecule has 3 nitrogen and oxygen atoms in total. The van der Waals surface area contributed by atoms with Crippen LogP contribution in [0.4, 0.5) is 5.69 Å². The van der Waals surface area contributed by atoms with Crippen molar-refractivity contribution in [3.05, 3.63) is 29.8 Å². The molecule has 1 rings (SSSR count). The number of benzene rings is 1. The van der Waals surface area contributed by atoms with E-state index in [4.69, 9.17) is 0 Å². The molecule has 3 heteroatoms. The standard InChI is InChI=1S/C16H26N2O/c1-4-16(19)14-8-10-15(11-9-14)17-12-7-13-18(5-2)6-3/h8-11,17H,4-7,12-13H2,1-3H3. The molecule has 0 heterocycles. The highest BCUT2D eigenvalue weighted by atomic mass is 16.1. The minimum Gasteiger partial charge on any atom is -0.385 e. The SMILES string of the molecule is CCC(=O)c1ccc(NCCCN(CC)CC)cc1. The molecule has 1 aromatic rings. The Kier molecular flexibility index (Phi) is 7.19. The number of anilines is 1. The van der Waals surface area contributed by atoms with Crippen molar-refractivity contribution in [1.29, 1.82) is 0 Å². The van der Waals surface area contributed by atoms with E-state index in [9.17, 15) is 4.79 Å². The number of Topliss-reactive ketones (excluding diaryl/α,β-unsaturated/α-hetero) is 1. The first-order valence-corrected chi connectivity index (χ1v) is 7.30. The molecule has 0 aliphatic carbocycles. The predicted molar refractivity (Wildman–Crippen MR) is 82.0 cm³/mol. The number of nitrogens with zero attached hydrogens (tertiary/aromatic N) is 1. The molecule has 0 radical (unpaired) electrons. The molecule has 0 fully saturated rings. The fourth-order valence-corrected chi connectivity index (χ4v) is 2.05. The number of hydrogen-bond acceptors (Lipinski definition) is 3. The first kappa shape index (κ1) is 15.7. The van der Waals surface area contributed by atoms with E-state index in [0.717, 1.165) is 43.9 Å². The molecule has 1 aromatic carbocycles. The van der Waals surface area contributed by atoms with Crippen molar-refractivity contribution >= 4 is 11.5 Å². The summed E-state index contributed by atoms with van der Waals surface area (Å²) in [5.74, 6) is 0.202. The third-order valence-corrected chi connectivity index (χ3v) is 3.40. The molecule has 0 saturated carbocycles. The van der Waals surface area contributed by atoms with Crippen LogP contribution in [-0.2, 0) is 0 Å². The van der Waals surface area contributed by atoms with E-state index in [1.54, 1.807) is 0 Å². The Morgan fingerprint density at radius 2 is 1.74 bits per heavy atom. The first-order chi connectivity index (χ1) is 9.21. The summed E-state index contributed by atoms with van der Waals surface area (Å²) in [5.41, 5.74) is 1.89. The van der Waals surface area contributed by atoms with Gasteiger partial charge in [0.1, 0.15) is 0 Å². The van der Waals surface area contributed by atoms with E-state index in [1.165, 1.54) is 0 Å². The number of nitrogens with one attached hydrogen (secondary N) is 1. The Hall–Kier alpha value is -1.35. The monoisotopic (exact) mass is 262 g/mol. The maximum absolute atomic E-state index is 11.5. The van der Waals surface area contributed by atoms with Gasteiger partial charge in [-0.2, -0.15) is 0 Å². The lowest BCUT2D eigenvalue weighted by molar-refractivity contribution is 0.0988. The lowest BCUT2D eigenvalue weighted by Gasteiger charge is -2.17. The normalized spacial score (nSPS) is 10.7. The quantitative estimate of drug-likeness (QED) is 0.546. The molecule has 0 aliphatic heterocycles. The Balaban J connectivity index is 2.32. The van der Waals surface area contributed by atoms with E-state index in [1.807, 2.05) is 31.2 Å². The van der Waals surface area contributed by atoms with Gasteiger partial charge in [-0.05, 0) is 50.3 Å². The van der Waals surface area contributed by atoms with Crippen LogP contribution < -0.4 is 5.32 Å². The van der Waals surface area contributed by atoms with E-state index >= 15 is 0 Å². The molecule has 0 saturated heterocycles. The zero-order valence-corrected chi connectivity index (χ0v) is 12.4. The van der Waals surface area contributed by atoms with Crippen LogP contribution in [0.3, 0.4) is 0 Å². The second-order valence-electron chi connectivity index (χ2n) is 4.66. The third-order valence-electron chi connectivity index (χ3n) is 3.40. The fraction of sp³-hybridized carbons (Fsp3) is 0.562. The van der Waals surface area contributed by atoms with Crippen molar-refractivity contribution in [3.8, 4) is 0 Å². The van der Waals surface area contributed by atoms with Gasteiger partial charge in [0, 0.05) is 24.2 Å². The van der Waals surface area contributed by atoms with Crippen LogP contribution in [0, 0.1) is 0 Å². The summed E-state index contributed by atoms with van der Waals surface area (Å²) in [6, 6.07) is 7.78. The van der Waals surface area contributed by atoms with E-state index < -0.39 is 0 Å². The van der Waals surface area contributed by atoms with Crippen LogP contribution in [0.2, 0.25) is 0 Å². The minimum absolute atomic E-state index is 0.202. The van der Waals surface area contributed by atoms with Crippen molar-refractivity contribution in [2.24, 2.45) is 0 Å². The van der Waals surface area contributed by atoms with Gasteiger partial charge in [0.15, 0.2) is 5.78 Å². The van der Waals surface area contributed by atoms with Crippen LogP contribution in [0.15, 0.2) is 24.3 Å². The summed E-state index contributed by atoms with van der Waals surface area (Å²) in [5, 5.41) is 3.39. The average Bonchev–Trinajstić information content (AvgIpc) is 2.47. The van der Waals surface area contributed by atoms with Crippen molar-refractivity contribution in [3.63, 3.8) is 0 Å². The van der Waals surface area contributed by atoms with Crippen LogP contribution >= 0.6 is 0 Å². The second kappa shape index (κ2) is 8.70. The van der Waals surface area contributed by atoms with Crippen molar-refractivity contribution in [2.45, 2.75) is 33.6 Å². The number of hydrogen-bond donors (Lipinski definition) is 1. The highest BCUT2D eigenvalue weighted by molar-refractivity contribution is 5.96. The van der Waals surface area contributed by atoms with Gasteiger partial charge in [0.2, 0.25) is 0 Å². The molecule has 19 heavy (non-hydrogen) atoms. The van der Waals surface area contributed by atoms with Crippen LogP contribution in [0.25, 0.3) is 0 Å². The van der Waals surface area contributed by atoms with Crippen molar-refractivity contribution < 1.29 is 4.79 Å². The van der Waals surface area contributed by atoms with Gasteiger partial charge < -0.3 is 10.2 Å². The van der Waals surface area contributed by atoms with E-state index in [0.29, 0.717) is 6.42 Å². The van der Waals surface area contributed by atoms with Gasteiger partial charge in [-0.3, -0.25) is 4.79 Å². The highest BCUT2D eigenvalue weighted by Crippen LogP contribution is 2.11. The van der Waals surface area contributed by atoms with Crippen molar-refractivity contribution in [1.82, 2.24) is 4.90 Å². The van der Waals surface area contributed by atoms with E-state index in [2.05, 4.69) is 24.1 Å². The van der Waals surface area contributed by atoms with Crippen molar-refractivity contribution in [2.75, 3.05) is 31.5 Å². The lowest BCUT2D eigenvalue weighted by Crippen LogP contribution is -2.25. The van der Waals surface area contributed by atoms with Crippen LogP contribution in [0.1, 0.15) is 44.0 Å².